The molecule has 1 fully saturated rings. The van der Waals surface area contributed by atoms with Crippen LogP contribution in [0.5, 0.6) is 0 Å². The number of aromatic nitrogens is 1. The lowest BCUT2D eigenvalue weighted by Crippen LogP contribution is -2.45. The first-order chi connectivity index (χ1) is 12.2. The Labute approximate surface area is 149 Å². The van der Waals surface area contributed by atoms with Crippen molar-refractivity contribution in [2.24, 2.45) is 5.92 Å². The Hall–Kier alpha value is -2.17. The predicted molar refractivity (Wildman–Crippen MR) is 96.6 cm³/mol. The summed E-state index contributed by atoms with van der Waals surface area (Å²) in [5.41, 5.74) is 2.34. The molecule has 5 nitrogen and oxygen atoms in total. The quantitative estimate of drug-likeness (QED) is 0.809. The third-order valence-corrected chi connectivity index (χ3v) is 5.08. The summed E-state index contributed by atoms with van der Waals surface area (Å²) in [5, 5.41) is 3.07. The van der Waals surface area contributed by atoms with Crippen LogP contribution in [0.15, 0.2) is 36.0 Å². The zero-order valence-corrected chi connectivity index (χ0v) is 14.7. The van der Waals surface area contributed by atoms with Crippen LogP contribution in [0.3, 0.4) is 0 Å². The van der Waals surface area contributed by atoms with Crippen molar-refractivity contribution in [3.05, 3.63) is 41.7 Å². The van der Waals surface area contributed by atoms with Crippen molar-refractivity contribution in [2.75, 3.05) is 13.1 Å². The van der Waals surface area contributed by atoms with Crippen molar-refractivity contribution in [3.63, 3.8) is 0 Å². The fourth-order valence-corrected chi connectivity index (χ4v) is 3.59. The molecular weight excluding hydrogens is 314 g/mol. The van der Waals surface area contributed by atoms with Gasteiger partial charge < -0.3 is 10.2 Å². The minimum Gasteiger partial charge on any atom is -0.355 e. The molecule has 1 saturated heterocycles. The lowest BCUT2D eigenvalue weighted by molar-refractivity contribution is -0.138. The van der Waals surface area contributed by atoms with Crippen LogP contribution in [0.4, 0.5) is 0 Å². The fraction of sp³-hybridized carbons (Fsp3) is 0.550. The van der Waals surface area contributed by atoms with Gasteiger partial charge in [0.15, 0.2) is 0 Å². The lowest BCUT2D eigenvalue weighted by atomic mass is 9.95. The average Bonchev–Trinajstić information content (AvgIpc) is 2.65. The number of carbonyl (C=O) groups is 2. The Bertz CT molecular complexity index is 627. The van der Waals surface area contributed by atoms with Gasteiger partial charge in [0.2, 0.25) is 11.8 Å². The predicted octanol–water partition coefficient (Wildman–Crippen LogP) is 2.83. The number of nitrogens with one attached hydrogen (secondary N) is 1. The van der Waals surface area contributed by atoms with Gasteiger partial charge in [0.1, 0.15) is 0 Å². The van der Waals surface area contributed by atoms with E-state index in [2.05, 4.69) is 16.4 Å². The molecule has 134 valence electrons. The maximum Gasteiger partial charge on any atom is 0.224 e. The van der Waals surface area contributed by atoms with Gasteiger partial charge in [-0.1, -0.05) is 17.7 Å². The summed E-state index contributed by atoms with van der Waals surface area (Å²) in [7, 11) is 0. The van der Waals surface area contributed by atoms with Crippen LogP contribution in [0.2, 0.25) is 0 Å². The minimum absolute atomic E-state index is 0.0786. The molecule has 0 bridgehead atoms. The molecule has 0 spiro atoms. The molecule has 0 unspecified atom stereocenters. The summed E-state index contributed by atoms with van der Waals surface area (Å²) in [5.74, 6) is 0.0822. The van der Waals surface area contributed by atoms with E-state index in [1.54, 1.807) is 11.1 Å². The topological polar surface area (TPSA) is 62.3 Å². The highest BCUT2D eigenvalue weighted by molar-refractivity contribution is 5.83. The summed E-state index contributed by atoms with van der Waals surface area (Å²) >= 11 is 0. The van der Waals surface area contributed by atoms with Gasteiger partial charge in [-0.2, -0.15) is 0 Å². The molecule has 25 heavy (non-hydrogen) atoms. The maximum absolute atomic E-state index is 12.5. The lowest BCUT2D eigenvalue weighted by Gasteiger charge is -2.31. The molecule has 0 saturated carbocycles. The first kappa shape index (κ1) is 17.6. The van der Waals surface area contributed by atoms with Crippen LogP contribution in [0.25, 0.3) is 0 Å². The van der Waals surface area contributed by atoms with E-state index in [-0.39, 0.29) is 17.7 Å². The number of amides is 2. The summed E-state index contributed by atoms with van der Waals surface area (Å²) in [4.78, 5) is 30.6. The number of hydrogen-bond donors (Lipinski definition) is 1. The Morgan fingerprint density at radius 2 is 2.20 bits per heavy atom. The second-order valence-electron chi connectivity index (χ2n) is 6.98. The molecule has 3 rings (SSSR count). The van der Waals surface area contributed by atoms with Gasteiger partial charge in [-0.15, -0.1) is 0 Å². The van der Waals surface area contributed by atoms with Gasteiger partial charge in [0.25, 0.3) is 0 Å². The Morgan fingerprint density at radius 3 is 2.96 bits per heavy atom. The smallest absolute Gasteiger partial charge is 0.224 e. The van der Waals surface area contributed by atoms with Crippen LogP contribution >= 0.6 is 0 Å². The normalized spacial score (nSPS) is 21.0. The molecule has 1 aliphatic carbocycles. The third-order valence-electron chi connectivity index (χ3n) is 5.08. The van der Waals surface area contributed by atoms with Crippen LogP contribution in [0.1, 0.15) is 50.6 Å². The largest absolute Gasteiger partial charge is 0.355 e. The zero-order chi connectivity index (χ0) is 17.5. The standard InChI is InChI=1S/C20H27N3O2/c24-19-10-9-17(14-23(19)15-18-8-4-5-12-21-18)20(25)22-13-11-16-6-2-1-3-7-16/h4-6,8,12,17H,1-3,7,9-11,13-15H2,(H,22,25)/t17-/m1/s1. The molecule has 1 atom stereocenters. The number of carbonyl (C=O) groups excluding carboxylic acids is 2. The maximum atomic E-state index is 12.5. The van der Waals surface area contributed by atoms with E-state index < -0.39 is 0 Å². The van der Waals surface area contributed by atoms with Crippen LogP contribution in [0, 0.1) is 5.92 Å². The van der Waals surface area contributed by atoms with Gasteiger partial charge in [-0.05, 0) is 50.7 Å². The first-order valence-corrected chi connectivity index (χ1v) is 9.35. The zero-order valence-electron chi connectivity index (χ0n) is 14.7. The highest BCUT2D eigenvalue weighted by Crippen LogP contribution is 2.21. The second-order valence-corrected chi connectivity index (χ2v) is 6.98. The molecule has 0 radical (unpaired) electrons. The Morgan fingerprint density at radius 1 is 1.28 bits per heavy atom. The van der Waals surface area contributed by atoms with E-state index >= 15 is 0 Å². The monoisotopic (exact) mass is 341 g/mol. The molecule has 0 aromatic carbocycles. The number of allylic oxidation sites excluding steroid dienone is 1. The molecule has 1 aliphatic heterocycles. The summed E-state index contributed by atoms with van der Waals surface area (Å²) in [6.07, 6.45) is 11.0. The van der Waals surface area contributed by atoms with Crippen molar-refractivity contribution >= 4 is 11.8 Å². The van der Waals surface area contributed by atoms with Crippen molar-refractivity contribution in [1.82, 2.24) is 15.2 Å². The SMILES string of the molecule is O=C(NCCC1=CCCCC1)[C@@H]1CCC(=O)N(Cc2ccccn2)C1. The van der Waals surface area contributed by atoms with Gasteiger partial charge in [0, 0.05) is 25.7 Å². The van der Waals surface area contributed by atoms with E-state index in [9.17, 15) is 9.59 Å². The van der Waals surface area contributed by atoms with Gasteiger partial charge in [-0.25, -0.2) is 0 Å². The highest BCUT2D eigenvalue weighted by atomic mass is 16.2. The molecule has 1 aromatic heterocycles. The minimum atomic E-state index is -0.109. The number of pyridine rings is 1. The molecule has 2 amide bonds. The van der Waals surface area contributed by atoms with E-state index in [1.165, 1.54) is 31.3 Å². The van der Waals surface area contributed by atoms with Crippen LogP contribution < -0.4 is 5.32 Å². The Balaban J connectivity index is 1.47. The number of hydrogen-bond acceptors (Lipinski definition) is 3. The number of nitrogens with zero attached hydrogens (tertiary/aromatic N) is 2. The summed E-state index contributed by atoms with van der Waals surface area (Å²) < 4.78 is 0. The van der Waals surface area contributed by atoms with Crippen molar-refractivity contribution in [1.29, 1.82) is 0 Å². The summed E-state index contributed by atoms with van der Waals surface area (Å²) in [6, 6.07) is 5.69. The van der Waals surface area contributed by atoms with Crippen molar-refractivity contribution < 1.29 is 9.59 Å². The van der Waals surface area contributed by atoms with E-state index in [0.717, 1.165) is 12.1 Å². The number of likely N-dealkylation sites (tertiary alicyclic amines) is 1. The molecule has 2 heterocycles. The van der Waals surface area contributed by atoms with Gasteiger partial charge in [-0.3, -0.25) is 14.6 Å². The second kappa shape index (κ2) is 8.79. The fourth-order valence-electron chi connectivity index (χ4n) is 3.59. The molecular formula is C20H27N3O2. The van der Waals surface area contributed by atoms with Crippen LogP contribution in [-0.4, -0.2) is 34.8 Å². The number of piperidine rings is 1. The average molecular weight is 341 g/mol. The molecule has 2 aliphatic rings. The first-order valence-electron chi connectivity index (χ1n) is 9.35. The highest BCUT2D eigenvalue weighted by Gasteiger charge is 2.30. The molecule has 1 aromatic rings. The van der Waals surface area contributed by atoms with Crippen molar-refractivity contribution in [3.8, 4) is 0 Å². The number of rotatable bonds is 6. The van der Waals surface area contributed by atoms with E-state index in [4.69, 9.17) is 0 Å². The van der Waals surface area contributed by atoms with E-state index in [1.807, 2.05) is 18.2 Å². The van der Waals surface area contributed by atoms with Gasteiger partial charge >= 0.3 is 0 Å². The van der Waals surface area contributed by atoms with Crippen molar-refractivity contribution in [2.45, 2.75) is 51.5 Å². The van der Waals surface area contributed by atoms with Crippen LogP contribution in [-0.2, 0) is 16.1 Å². The molecule has 5 heteroatoms. The van der Waals surface area contributed by atoms with Gasteiger partial charge in [0.05, 0.1) is 18.2 Å². The molecule has 1 N–H and O–H groups in total. The Kier molecular flexibility index (Phi) is 6.20. The summed E-state index contributed by atoms with van der Waals surface area (Å²) in [6.45, 7) is 1.68. The van der Waals surface area contributed by atoms with E-state index in [0.29, 0.717) is 32.5 Å². The third kappa shape index (κ3) is 5.15.